The van der Waals surface area contributed by atoms with E-state index in [2.05, 4.69) is 5.16 Å². The number of amides is 1. The van der Waals surface area contributed by atoms with Crippen LogP contribution in [-0.2, 0) is 14.4 Å². The fraction of sp³-hybridized carbons (Fsp3) is 0.250. The Hall–Kier alpha value is -3.22. The molecule has 0 bridgehead atoms. The molecule has 1 amide bonds. The van der Waals surface area contributed by atoms with Crippen molar-refractivity contribution in [2.45, 2.75) is 12.5 Å². The minimum atomic E-state index is -0.748. The van der Waals surface area contributed by atoms with Gasteiger partial charge in [0, 0.05) is 17.5 Å². The van der Waals surface area contributed by atoms with Crippen LogP contribution in [0.3, 0.4) is 0 Å². The number of carbonyl (C=O) groups excluding carboxylic acids is 2. The molecule has 0 radical (unpaired) electrons. The van der Waals surface area contributed by atoms with Gasteiger partial charge in [-0.15, -0.1) is 0 Å². The van der Waals surface area contributed by atoms with E-state index in [0.717, 1.165) is 0 Å². The average Bonchev–Trinajstić information content (AvgIpc) is 3.11. The molecular formula is C20H19FN2O4. The normalized spacial score (nSPS) is 17.8. The predicted molar refractivity (Wildman–Crippen MR) is 97.7 cm³/mol. The van der Waals surface area contributed by atoms with Crippen LogP contribution >= 0.6 is 0 Å². The van der Waals surface area contributed by atoms with Gasteiger partial charge in [-0.2, -0.15) is 0 Å². The molecule has 3 rings (SSSR count). The van der Waals surface area contributed by atoms with E-state index in [4.69, 9.17) is 9.57 Å². The quantitative estimate of drug-likeness (QED) is 0.613. The highest BCUT2D eigenvalue weighted by molar-refractivity contribution is 6.04. The largest absolute Gasteiger partial charge is 0.467 e. The topological polar surface area (TPSA) is 68.2 Å². The number of hydrogen-bond acceptors (Lipinski definition) is 5. The lowest BCUT2D eigenvalue weighted by Gasteiger charge is -2.22. The van der Waals surface area contributed by atoms with Crippen LogP contribution in [0.4, 0.5) is 4.39 Å². The van der Waals surface area contributed by atoms with Crippen molar-refractivity contribution in [3.8, 4) is 11.1 Å². The summed E-state index contributed by atoms with van der Waals surface area (Å²) in [5.41, 5.74) is 2.10. The first-order valence-corrected chi connectivity index (χ1v) is 8.37. The number of carbonyl (C=O) groups is 2. The molecule has 2 aromatic carbocycles. The molecule has 0 unspecified atom stereocenters. The van der Waals surface area contributed by atoms with Crippen LogP contribution in [0.25, 0.3) is 11.1 Å². The smallest absolute Gasteiger partial charge is 0.329 e. The Kier molecular flexibility index (Phi) is 5.49. The summed E-state index contributed by atoms with van der Waals surface area (Å²) < 4.78 is 18.7. The summed E-state index contributed by atoms with van der Waals surface area (Å²) >= 11 is 0. The fourth-order valence-corrected chi connectivity index (χ4v) is 3.11. The first-order valence-electron chi connectivity index (χ1n) is 8.37. The molecule has 0 saturated carbocycles. The Balaban J connectivity index is 1.85. The van der Waals surface area contributed by atoms with Crippen LogP contribution < -0.4 is 0 Å². The molecule has 0 spiro atoms. The number of methoxy groups -OCH3 is 1. The SMILES string of the molecule is CO/N=C1\C[C@@H](C(=O)OC)N(C(=O)c2ccc(-c3ccccc3F)cc2)C1. The Morgan fingerprint density at radius 1 is 1.11 bits per heavy atom. The Morgan fingerprint density at radius 3 is 2.44 bits per heavy atom. The maximum Gasteiger partial charge on any atom is 0.329 e. The minimum Gasteiger partial charge on any atom is -0.467 e. The second-order valence-corrected chi connectivity index (χ2v) is 6.07. The van der Waals surface area contributed by atoms with Crippen LogP contribution in [0.15, 0.2) is 53.7 Å². The number of likely N-dealkylation sites (tertiary alicyclic amines) is 1. The van der Waals surface area contributed by atoms with E-state index in [1.54, 1.807) is 42.5 Å². The zero-order valence-corrected chi connectivity index (χ0v) is 15.0. The van der Waals surface area contributed by atoms with Crippen LogP contribution in [-0.4, -0.2) is 49.3 Å². The molecule has 1 aliphatic heterocycles. The zero-order valence-electron chi connectivity index (χ0n) is 15.0. The highest BCUT2D eigenvalue weighted by Crippen LogP contribution is 2.25. The highest BCUT2D eigenvalue weighted by Gasteiger charge is 2.39. The molecule has 1 fully saturated rings. The van der Waals surface area contributed by atoms with Crippen molar-refractivity contribution in [2.24, 2.45) is 5.16 Å². The third-order valence-corrected chi connectivity index (χ3v) is 4.43. The molecule has 27 heavy (non-hydrogen) atoms. The molecule has 0 aromatic heterocycles. The monoisotopic (exact) mass is 370 g/mol. The number of benzene rings is 2. The molecule has 7 heteroatoms. The molecule has 1 atom stereocenters. The van der Waals surface area contributed by atoms with Crippen LogP contribution in [0.5, 0.6) is 0 Å². The maximum atomic E-state index is 13.9. The maximum absolute atomic E-state index is 13.9. The summed E-state index contributed by atoms with van der Waals surface area (Å²) in [7, 11) is 2.69. The number of oxime groups is 1. The van der Waals surface area contributed by atoms with Gasteiger partial charge < -0.3 is 14.5 Å². The third kappa shape index (κ3) is 3.81. The Morgan fingerprint density at radius 2 is 1.81 bits per heavy atom. The second-order valence-electron chi connectivity index (χ2n) is 6.07. The van der Waals surface area contributed by atoms with E-state index in [1.807, 2.05) is 0 Å². The Bertz CT molecular complexity index is 880. The van der Waals surface area contributed by atoms with E-state index in [0.29, 0.717) is 22.4 Å². The molecule has 0 N–H and O–H groups in total. The summed E-state index contributed by atoms with van der Waals surface area (Å²) in [6, 6.07) is 12.3. The van der Waals surface area contributed by atoms with Crippen molar-refractivity contribution >= 4 is 17.6 Å². The molecule has 6 nitrogen and oxygen atoms in total. The second kappa shape index (κ2) is 7.99. The van der Waals surface area contributed by atoms with Gasteiger partial charge in [-0.25, -0.2) is 9.18 Å². The van der Waals surface area contributed by atoms with Crippen LogP contribution in [0, 0.1) is 5.82 Å². The highest BCUT2D eigenvalue weighted by atomic mass is 19.1. The lowest BCUT2D eigenvalue weighted by Crippen LogP contribution is -2.41. The Labute approximate surface area is 156 Å². The van der Waals surface area contributed by atoms with Gasteiger partial charge in [-0.3, -0.25) is 4.79 Å². The number of rotatable bonds is 4. The van der Waals surface area contributed by atoms with Crippen LogP contribution in [0.2, 0.25) is 0 Å². The number of hydrogen-bond donors (Lipinski definition) is 0. The molecule has 0 aliphatic carbocycles. The molecule has 1 aliphatic rings. The van der Waals surface area contributed by atoms with Gasteiger partial charge in [0.05, 0.1) is 19.4 Å². The van der Waals surface area contributed by atoms with Crippen molar-refractivity contribution in [3.05, 3.63) is 59.9 Å². The van der Waals surface area contributed by atoms with Gasteiger partial charge in [0.15, 0.2) is 0 Å². The lowest BCUT2D eigenvalue weighted by molar-refractivity contribution is -0.145. The van der Waals surface area contributed by atoms with Gasteiger partial charge in [0.1, 0.15) is 19.0 Å². The van der Waals surface area contributed by atoms with Crippen molar-refractivity contribution in [3.63, 3.8) is 0 Å². The fourth-order valence-electron chi connectivity index (χ4n) is 3.11. The molecule has 2 aromatic rings. The van der Waals surface area contributed by atoms with Crippen molar-refractivity contribution < 1.29 is 23.6 Å². The summed E-state index contributed by atoms with van der Waals surface area (Å²) in [6.45, 7) is 0.182. The van der Waals surface area contributed by atoms with Crippen LogP contribution in [0.1, 0.15) is 16.8 Å². The van der Waals surface area contributed by atoms with Gasteiger partial charge in [-0.05, 0) is 23.8 Å². The van der Waals surface area contributed by atoms with Crippen molar-refractivity contribution in [1.82, 2.24) is 4.90 Å². The standard InChI is InChI=1S/C20H19FN2O4/c1-26-20(25)18-11-15(22-27-2)12-23(18)19(24)14-9-7-13(8-10-14)16-5-3-4-6-17(16)21/h3-10,18H,11-12H2,1-2H3/b22-15+/t18-/m0/s1. The summed E-state index contributed by atoms with van der Waals surface area (Å²) in [5.74, 6) is -1.17. The minimum absolute atomic E-state index is 0.182. The van der Waals surface area contributed by atoms with Gasteiger partial charge in [0.2, 0.25) is 0 Å². The number of halogens is 1. The summed E-state index contributed by atoms with van der Waals surface area (Å²) in [6.07, 6.45) is 0.263. The summed E-state index contributed by atoms with van der Waals surface area (Å²) in [5, 5.41) is 3.85. The van der Waals surface area contributed by atoms with Crippen molar-refractivity contribution in [1.29, 1.82) is 0 Å². The van der Waals surface area contributed by atoms with Gasteiger partial charge >= 0.3 is 5.97 Å². The van der Waals surface area contributed by atoms with Crippen molar-refractivity contribution in [2.75, 3.05) is 20.8 Å². The van der Waals surface area contributed by atoms with Gasteiger partial charge in [-0.1, -0.05) is 35.5 Å². The third-order valence-electron chi connectivity index (χ3n) is 4.43. The first-order chi connectivity index (χ1) is 13.0. The molecular weight excluding hydrogens is 351 g/mol. The molecule has 140 valence electrons. The number of ether oxygens (including phenoxy) is 1. The zero-order chi connectivity index (χ0) is 19.4. The first kappa shape index (κ1) is 18.6. The average molecular weight is 370 g/mol. The summed E-state index contributed by atoms with van der Waals surface area (Å²) in [4.78, 5) is 31.1. The van der Waals surface area contributed by atoms with E-state index in [1.165, 1.54) is 25.2 Å². The van der Waals surface area contributed by atoms with Gasteiger partial charge in [0.25, 0.3) is 5.91 Å². The molecule has 1 saturated heterocycles. The van der Waals surface area contributed by atoms with E-state index >= 15 is 0 Å². The van der Waals surface area contributed by atoms with E-state index in [-0.39, 0.29) is 24.7 Å². The van der Waals surface area contributed by atoms with E-state index < -0.39 is 12.0 Å². The predicted octanol–water partition coefficient (Wildman–Crippen LogP) is 2.88. The number of esters is 1. The lowest BCUT2D eigenvalue weighted by atomic mass is 10.0. The van der Waals surface area contributed by atoms with E-state index in [9.17, 15) is 14.0 Å². The number of nitrogens with zero attached hydrogens (tertiary/aromatic N) is 2. The molecule has 1 heterocycles.